The van der Waals surface area contributed by atoms with Gasteiger partial charge in [0.25, 0.3) is 0 Å². The first-order chi connectivity index (χ1) is 14.5. The SMILES string of the molecule is CCCOC(=O)c1ccc(NC(=O)/C=C/c2ccc(-c3ccc(C)c(Cl)c3)o2)cc1. The number of ether oxygens (including phenoxy) is 1. The smallest absolute Gasteiger partial charge is 0.338 e. The number of furan rings is 1. The molecule has 0 radical (unpaired) electrons. The maximum Gasteiger partial charge on any atom is 0.338 e. The Kier molecular flexibility index (Phi) is 7.09. The van der Waals surface area contributed by atoms with Crippen molar-refractivity contribution in [2.75, 3.05) is 11.9 Å². The molecule has 5 nitrogen and oxygen atoms in total. The van der Waals surface area contributed by atoms with Crippen LogP contribution in [0.5, 0.6) is 0 Å². The van der Waals surface area contributed by atoms with Crippen LogP contribution in [-0.4, -0.2) is 18.5 Å². The number of anilines is 1. The molecule has 0 bridgehead atoms. The van der Waals surface area contributed by atoms with Crippen LogP contribution >= 0.6 is 11.6 Å². The highest BCUT2D eigenvalue weighted by atomic mass is 35.5. The van der Waals surface area contributed by atoms with Crippen LogP contribution < -0.4 is 5.32 Å². The van der Waals surface area contributed by atoms with Gasteiger partial charge in [0.15, 0.2) is 0 Å². The van der Waals surface area contributed by atoms with E-state index in [0.29, 0.717) is 34.4 Å². The number of hydrogen-bond donors (Lipinski definition) is 1. The molecule has 0 aliphatic carbocycles. The highest BCUT2D eigenvalue weighted by molar-refractivity contribution is 6.31. The summed E-state index contributed by atoms with van der Waals surface area (Å²) in [5.74, 6) is 0.527. The molecule has 1 amide bonds. The van der Waals surface area contributed by atoms with Crippen LogP contribution in [0.15, 0.2) is 65.1 Å². The van der Waals surface area contributed by atoms with Crippen molar-refractivity contribution in [1.82, 2.24) is 0 Å². The third-order valence-corrected chi connectivity index (χ3v) is 4.71. The lowest BCUT2D eigenvalue weighted by molar-refractivity contribution is -0.111. The fourth-order valence-corrected chi connectivity index (χ4v) is 2.83. The maximum absolute atomic E-state index is 12.2. The zero-order valence-corrected chi connectivity index (χ0v) is 17.5. The highest BCUT2D eigenvalue weighted by Crippen LogP contribution is 2.27. The monoisotopic (exact) mass is 423 g/mol. The Balaban J connectivity index is 1.59. The van der Waals surface area contributed by atoms with Gasteiger partial charge in [-0.15, -0.1) is 0 Å². The lowest BCUT2D eigenvalue weighted by Crippen LogP contribution is -2.09. The Hall–Kier alpha value is -3.31. The van der Waals surface area contributed by atoms with Crippen molar-refractivity contribution in [2.24, 2.45) is 0 Å². The second-order valence-electron chi connectivity index (χ2n) is 6.70. The molecule has 1 aromatic heterocycles. The largest absolute Gasteiger partial charge is 0.462 e. The summed E-state index contributed by atoms with van der Waals surface area (Å²) in [6.45, 7) is 4.25. The first-order valence-electron chi connectivity index (χ1n) is 9.59. The van der Waals surface area contributed by atoms with E-state index in [9.17, 15) is 9.59 Å². The number of rotatable bonds is 7. The molecule has 2 aromatic carbocycles. The minimum Gasteiger partial charge on any atom is -0.462 e. The molecule has 0 fully saturated rings. The number of esters is 1. The van der Waals surface area contributed by atoms with Gasteiger partial charge < -0.3 is 14.5 Å². The Morgan fingerprint density at radius 1 is 1.10 bits per heavy atom. The van der Waals surface area contributed by atoms with Gasteiger partial charge in [0.2, 0.25) is 5.91 Å². The maximum atomic E-state index is 12.2. The van der Waals surface area contributed by atoms with Gasteiger partial charge in [-0.05, 0) is 67.4 Å². The predicted octanol–water partition coefficient (Wildman–Crippen LogP) is 6.13. The molecule has 0 aliphatic rings. The van der Waals surface area contributed by atoms with Crippen LogP contribution in [-0.2, 0) is 9.53 Å². The summed E-state index contributed by atoms with van der Waals surface area (Å²) in [4.78, 5) is 24.0. The average Bonchev–Trinajstić information content (AvgIpc) is 3.22. The molecule has 1 heterocycles. The quantitative estimate of drug-likeness (QED) is 0.366. The van der Waals surface area contributed by atoms with E-state index in [1.54, 1.807) is 36.4 Å². The molecule has 0 aliphatic heterocycles. The first kappa shape index (κ1) is 21.4. The van der Waals surface area contributed by atoms with E-state index in [-0.39, 0.29) is 11.9 Å². The number of carbonyl (C=O) groups excluding carboxylic acids is 2. The van der Waals surface area contributed by atoms with Gasteiger partial charge in [0.05, 0.1) is 12.2 Å². The van der Waals surface area contributed by atoms with E-state index >= 15 is 0 Å². The van der Waals surface area contributed by atoms with Crippen LogP contribution in [0.2, 0.25) is 5.02 Å². The lowest BCUT2D eigenvalue weighted by Gasteiger charge is -2.05. The van der Waals surface area contributed by atoms with E-state index < -0.39 is 0 Å². The van der Waals surface area contributed by atoms with Gasteiger partial charge in [-0.25, -0.2) is 4.79 Å². The van der Waals surface area contributed by atoms with E-state index in [1.165, 1.54) is 6.08 Å². The van der Waals surface area contributed by atoms with Gasteiger partial charge in [-0.3, -0.25) is 4.79 Å². The van der Waals surface area contributed by atoms with Crippen LogP contribution in [0.3, 0.4) is 0 Å². The fraction of sp³-hybridized carbons (Fsp3) is 0.167. The number of carbonyl (C=O) groups is 2. The molecule has 0 spiro atoms. The van der Waals surface area contributed by atoms with Crippen molar-refractivity contribution in [3.63, 3.8) is 0 Å². The molecule has 3 rings (SSSR count). The Morgan fingerprint density at radius 2 is 1.87 bits per heavy atom. The normalized spacial score (nSPS) is 10.9. The number of halogens is 1. The molecular weight excluding hydrogens is 402 g/mol. The lowest BCUT2D eigenvalue weighted by atomic mass is 10.1. The minimum atomic E-state index is -0.377. The third-order valence-electron chi connectivity index (χ3n) is 4.31. The van der Waals surface area contributed by atoms with Crippen LogP contribution in [0, 0.1) is 6.92 Å². The summed E-state index contributed by atoms with van der Waals surface area (Å²) in [5.41, 5.74) is 2.88. The zero-order valence-electron chi connectivity index (χ0n) is 16.8. The predicted molar refractivity (Wildman–Crippen MR) is 119 cm³/mol. The third kappa shape index (κ3) is 5.61. The summed E-state index contributed by atoms with van der Waals surface area (Å²) in [6, 6.07) is 15.8. The van der Waals surface area contributed by atoms with E-state index in [2.05, 4.69) is 5.32 Å². The summed E-state index contributed by atoms with van der Waals surface area (Å²) < 4.78 is 10.8. The Bertz CT molecular complexity index is 1070. The van der Waals surface area contributed by atoms with Crippen molar-refractivity contribution >= 4 is 35.2 Å². The fourth-order valence-electron chi connectivity index (χ4n) is 2.65. The molecule has 6 heteroatoms. The Morgan fingerprint density at radius 3 is 2.57 bits per heavy atom. The molecule has 154 valence electrons. The standard InChI is InChI=1S/C24H22ClNO4/c1-3-14-29-24(28)17-6-8-19(9-7-17)26-23(27)13-11-20-10-12-22(30-20)18-5-4-16(2)21(25)15-18/h4-13,15H,3,14H2,1-2H3,(H,26,27)/b13-11+. The first-order valence-corrected chi connectivity index (χ1v) is 9.96. The van der Waals surface area contributed by atoms with Crippen molar-refractivity contribution in [2.45, 2.75) is 20.3 Å². The number of hydrogen-bond acceptors (Lipinski definition) is 4. The summed E-state index contributed by atoms with van der Waals surface area (Å²) in [7, 11) is 0. The van der Waals surface area contributed by atoms with Crippen LogP contribution in [0.4, 0.5) is 5.69 Å². The number of nitrogens with one attached hydrogen (secondary N) is 1. The van der Waals surface area contributed by atoms with Gasteiger partial charge in [0, 0.05) is 22.3 Å². The second kappa shape index (κ2) is 9.94. The van der Waals surface area contributed by atoms with E-state index in [1.807, 2.05) is 38.1 Å². The van der Waals surface area contributed by atoms with Crippen molar-refractivity contribution < 1.29 is 18.7 Å². The summed E-state index contributed by atoms with van der Waals surface area (Å²) >= 11 is 6.17. The highest BCUT2D eigenvalue weighted by Gasteiger charge is 2.08. The second-order valence-corrected chi connectivity index (χ2v) is 7.11. The van der Waals surface area contributed by atoms with E-state index in [0.717, 1.165) is 17.5 Å². The molecule has 3 aromatic rings. The van der Waals surface area contributed by atoms with E-state index in [4.69, 9.17) is 20.8 Å². The average molecular weight is 424 g/mol. The Labute approximate surface area is 180 Å². The zero-order chi connectivity index (χ0) is 21.5. The van der Waals surface area contributed by atoms with Crippen molar-refractivity contribution in [1.29, 1.82) is 0 Å². The van der Waals surface area contributed by atoms with Gasteiger partial charge >= 0.3 is 5.97 Å². The molecule has 30 heavy (non-hydrogen) atoms. The van der Waals surface area contributed by atoms with Crippen molar-refractivity contribution in [3.05, 3.63) is 82.6 Å². The topological polar surface area (TPSA) is 68.5 Å². The molecule has 0 saturated heterocycles. The van der Waals surface area contributed by atoms with Crippen LogP contribution in [0.25, 0.3) is 17.4 Å². The molecule has 0 unspecified atom stereocenters. The number of aryl methyl sites for hydroxylation is 1. The number of benzene rings is 2. The molecular formula is C24H22ClNO4. The van der Waals surface area contributed by atoms with Crippen molar-refractivity contribution in [3.8, 4) is 11.3 Å². The summed E-state index contributed by atoms with van der Waals surface area (Å²) in [6.07, 6.45) is 3.74. The molecule has 1 N–H and O–H groups in total. The molecule has 0 atom stereocenters. The summed E-state index contributed by atoms with van der Waals surface area (Å²) in [5, 5.41) is 3.41. The van der Waals surface area contributed by atoms with Gasteiger partial charge in [0.1, 0.15) is 11.5 Å². The number of amides is 1. The molecule has 0 saturated carbocycles. The van der Waals surface area contributed by atoms with Gasteiger partial charge in [-0.1, -0.05) is 30.7 Å². The van der Waals surface area contributed by atoms with Crippen LogP contribution in [0.1, 0.15) is 35.0 Å². The minimum absolute atomic E-state index is 0.312. The van der Waals surface area contributed by atoms with Gasteiger partial charge in [-0.2, -0.15) is 0 Å².